The first-order chi connectivity index (χ1) is 6.20. The van der Waals surface area contributed by atoms with E-state index in [2.05, 4.69) is 22.6 Å². The minimum absolute atomic E-state index is 0.256. The van der Waals surface area contributed by atoms with Crippen molar-refractivity contribution in [3.8, 4) is 5.75 Å². The number of benzene rings is 1. The van der Waals surface area contributed by atoms with Gasteiger partial charge in [0.1, 0.15) is 11.9 Å². The number of fused-ring (bicyclic) bond motifs is 1. The number of hydrogen-bond donors (Lipinski definition) is 0. The summed E-state index contributed by atoms with van der Waals surface area (Å²) < 4.78 is 6.62. The van der Waals surface area contributed by atoms with Crippen LogP contribution >= 0.6 is 45.8 Å². The van der Waals surface area contributed by atoms with Crippen LogP contribution in [0.2, 0.25) is 10.0 Å². The van der Waals surface area contributed by atoms with Gasteiger partial charge in [-0.15, -0.1) is 0 Å². The van der Waals surface area contributed by atoms with E-state index in [-0.39, 0.29) is 6.10 Å². The van der Waals surface area contributed by atoms with Gasteiger partial charge in [0.05, 0.1) is 5.02 Å². The van der Waals surface area contributed by atoms with Crippen molar-refractivity contribution in [2.45, 2.75) is 12.5 Å². The van der Waals surface area contributed by atoms with Crippen LogP contribution in [0.25, 0.3) is 0 Å². The molecule has 1 aromatic carbocycles. The number of ether oxygens (including phenoxy) is 1. The van der Waals surface area contributed by atoms with E-state index in [1.807, 2.05) is 6.07 Å². The van der Waals surface area contributed by atoms with Crippen LogP contribution in [0.15, 0.2) is 12.1 Å². The lowest BCUT2D eigenvalue weighted by Crippen LogP contribution is -2.13. The van der Waals surface area contributed by atoms with Crippen molar-refractivity contribution in [1.82, 2.24) is 0 Å². The second kappa shape index (κ2) is 3.83. The summed E-state index contributed by atoms with van der Waals surface area (Å²) in [5, 5.41) is 1.30. The van der Waals surface area contributed by atoms with E-state index >= 15 is 0 Å². The van der Waals surface area contributed by atoms with Gasteiger partial charge in [0, 0.05) is 21.4 Å². The molecule has 0 aromatic heterocycles. The molecule has 0 saturated heterocycles. The average Bonchev–Trinajstić information content (AvgIpc) is 2.47. The Morgan fingerprint density at radius 3 is 2.92 bits per heavy atom. The molecular weight excluding hydrogens is 322 g/mol. The average molecular weight is 329 g/mol. The molecule has 1 aromatic rings. The maximum absolute atomic E-state index is 5.99. The molecule has 13 heavy (non-hydrogen) atoms. The quantitative estimate of drug-likeness (QED) is 0.564. The largest absolute Gasteiger partial charge is 0.487 e. The lowest BCUT2D eigenvalue weighted by atomic mass is 10.1. The van der Waals surface area contributed by atoms with Gasteiger partial charge in [0.25, 0.3) is 0 Å². The van der Waals surface area contributed by atoms with Gasteiger partial charge in [0.15, 0.2) is 0 Å². The number of hydrogen-bond acceptors (Lipinski definition) is 1. The standard InChI is InChI=1S/C9H7Cl2IO/c10-6-1-5-2-7(4-12)13-9(5)8(11)3-6/h1,3,7H,2,4H2. The maximum atomic E-state index is 5.99. The lowest BCUT2D eigenvalue weighted by molar-refractivity contribution is 0.262. The van der Waals surface area contributed by atoms with Gasteiger partial charge >= 0.3 is 0 Å². The topological polar surface area (TPSA) is 9.23 Å². The third kappa shape index (κ3) is 1.90. The molecule has 1 aliphatic heterocycles. The molecular formula is C9H7Cl2IO. The van der Waals surface area contributed by atoms with Crippen LogP contribution in [-0.2, 0) is 6.42 Å². The second-order valence-corrected chi connectivity index (χ2v) is 4.70. The van der Waals surface area contributed by atoms with Crippen LogP contribution in [-0.4, -0.2) is 10.5 Å². The summed E-state index contributed by atoms with van der Waals surface area (Å²) in [4.78, 5) is 0. The molecule has 1 nitrogen and oxygen atoms in total. The fraction of sp³-hybridized carbons (Fsp3) is 0.333. The number of rotatable bonds is 1. The predicted molar refractivity (Wildman–Crippen MR) is 63.5 cm³/mol. The first kappa shape index (κ1) is 9.87. The summed E-state index contributed by atoms with van der Waals surface area (Å²) in [5.74, 6) is 0.813. The molecule has 0 N–H and O–H groups in total. The van der Waals surface area contributed by atoms with E-state index in [4.69, 9.17) is 27.9 Å². The van der Waals surface area contributed by atoms with Gasteiger partial charge in [-0.3, -0.25) is 0 Å². The molecule has 1 unspecified atom stereocenters. The van der Waals surface area contributed by atoms with E-state index in [1.54, 1.807) is 6.07 Å². The molecule has 0 radical (unpaired) electrons. The number of halogens is 3. The fourth-order valence-electron chi connectivity index (χ4n) is 1.44. The van der Waals surface area contributed by atoms with Crippen molar-refractivity contribution in [1.29, 1.82) is 0 Å². The molecule has 1 atom stereocenters. The van der Waals surface area contributed by atoms with Crippen LogP contribution in [0.4, 0.5) is 0 Å². The highest BCUT2D eigenvalue weighted by atomic mass is 127. The minimum Gasteiger partial charge on any atom is -0.487 e. The van der Waals surface area contributed by atoms with E-state index in [1.165, 1.54) is 0 Å². The first-order valence-electron chi connectivity index (χ1n) is 3.91. The third-order valence-corrected chi connectivity index (χ3v) is 3.47. The van der Waals surface area contributed by atoms with Gasteiger partial charge in [-0.2, -0.15) is 0 Å². The fourth-order valence-corrected chi connectivity index (χ4v) is 2.51. The van der Waals surface area contributed by atoms with Gasteiger partial charge in [-0.1, -0.05) is 45.8 Å². The Balaban J connectivity index is 2.40. The summed E-state index contributed by atoms with van der Waals surface area (Å²) in [6.07, 6.45) is 1.17. The summed E-state index contributed by atoms with van der Waals surface area (Å²) >= 11 is 14.2. The van der Waals surface area contributed by atoms with E-state index in [0.717, 1.165) is 22.2 Å². The van der Waals surface area contributed by atoms with Gasteiger partial charge in [-0.25, -0.2) is 0 Å². The molecule has 0 aliphatic carbocycles. The van der Waals surface area contributed by atoms with E-state index in [9.17, 15) is 0 Å². The Labute approximate surface area is 101 Å². The minimum atomic E-state index is 0.256. The molecule has 1 aliphatic rings. The summed E-state index contributed by atoms with van der Waals surface area (Å²) in [7, 11) is 0. The Bertz CT molecular complexity index is 341. The summed E-state index contributed by atoms with van der Waals surface area (Å²) in [5.41, 5.74) is 1.12. The highest BCUT2D eigenvalue weighted by molar-refractivity contribution is 14.1. The van der Waals surface area contributed by atoms with E-state index in [0.29, 0.717) is 10.0 Å². The Hall–Kier alpha value is 0.330. The van der Waals surface area contributed by atoms with Crippen molar-refractivity contribution in [2.75, 3.05) is 4.43 Å². The summed E-state index contributed by atoms with van der Waals surface area (Å²) in [6.45, 7) is 0. The second-order valence-electron chi connectivity index (χ2n) is 2.97. The molecule has 0 spiro atoms. The van der Waals surface area contributed by atoms with Crippen LogP contribution in [0, 0.1) is 0 Å². The molecule has 0 fully saturated rings. The zero-order valence-corrected chi connectivity index (χ0v) is 10.4. The lowest BCUT2D eigenvalue weighted by Gasteiger charge is -2.06. The van der Waals surface area contributed by atoms with Crippen LogP contribution in [0.1, 0.15) is 5.56 Å². The maximum Gasteiger partial charge on any atom is 0.141 e. The predicted octanol–water partition coefficient (Wildman–Crippen LogP) is 3.73. The number of alkyl halides is 1. The summed E-state index contributed by atoms with van der Waals surface area (Å²) in [6, 6.07) is 3.65. The van der Waals surface area contributed by atoms with E-state index < -0.39 is 0 Å². The van der Waals surface area contributed by atoms with Crippen molar-refractivity contribution in [2.24, 2.45) is 0 Å². The Kier molecular flexibility index (Phi) is 2.91. The molecule has 0 bridgehead atoms. The monoisotopic (exact) mass is 328 g/mol. The molecule has 0 amide bonds. The zero-order valence-electron chi connectivity index (χ0n) is 6.69. The molecule has 1 heterocycles. The van der Waals surface area contributed by atoms with Crippen LogP contribution in [0.3, 0.4) is 0 Å². The van der Waals surface area contributed by atoms with Gasteiger partial charge in [0.2, 0.25) is 0 Å². The van der Waals surface area contributed by atoms with Gasteiger partial charge < -0.3 is 4.74 Å². The first-order valence-corrected chi connectivity index (χ1v) is 6.19. The molecule has 2 rings (SSSR count). The van der Waals surface area contributed by atoms with Crippen LogP contribution < -0.4 is 4.74 Å². The zero-order chi connectivity index (χ0) is 9.42. The Morgan fingerprint density at radius 2 is 2.23 bits per heavy atom. The molecule has 4 heteroatoms. The molecule has 70 valence electrons. The molecule has 0 saturated carbocycles. The Morgan fingerprint density at radius 1 is 1.46 bits per heavy atom. The van der Waals surface area contributed by atoms with Gasteiger partial charge in [-0.05, 0) is 12.1 Å². The van der Waals surface area contributed by atoms with Crippen molar-refractivity contribution in [3.63, 3.8) is 0 Å². The SMILES string of the molecule is Clc1cc(Cl)c2c(c1)CC(CI)O2. The van der Waals surface area contributed by atoms with Crippen LogP contribution in [0.5, 0.6) is 5.75 Å². The van der Waals surface area contributed by atoms with Crippen molar-refractivity contribution in [3.05, 3.63) is 27.7 Å². The third-order valence-electron chi connectivity index (χ3n) is 1.99. The highest BCUT2D eigenvalue weighted by Gasteiger charge is 2.24. The van der Waals surface area contributed by atoms with Crippen molar-refractivity contribution >= 4 is 45.8 Å². The van der Waals surface area contributed by atoms with Crippen molar-refractivity contribution < 1.29 is 4.74 Å². The smallest absolute Gasteiger partial charge is 0.141 e. The highest BCUT2D eigenvalue weighted by Crippen LogP contribution is 2.38. The normalized spacial score (nSPS) is 19.8.